The monoisotopic (exact) mass is 221 g/mol. The molecule has 0 atom stereocenters. The number of nitrogens with zero attached hydrogens (tertiary/aromatic N) is 1. The lowest BCUT2D eigenvalue weighted by molar-refractivity contribution is -0.117. The molecule has 1 aliphatic rings. The van der Waals surface area contributed by atoms with Gasteiger partial charge >= 0.3 is 0 Å². The van der Waals surface area contributed by atoms with Gasteiger partial charge < -0.3 is 10.6 Å². The van der Waals surface area contributed by atoms with Crippen molar-refractivity contribution in [1.29, 1.82) is 5.26 Å². The molecule has 1 aliphatic carbocycles. The first-order valence-corrected chi connectivity index (χ1v) is 5.92. The molecule has 1 rings (SSSR count). The van der Waals surface area contributed by atoms with E-state index < -0.39 is 0 Å². The maximum absolute atomic E-state index is 11.7. The van der Waals surface area contributed by atoms with Gasteiger partial charge in [0.2, 0.25) is 0 Å². The maximum atomic E-state index is 11.7. The van der Waals surface area contributed by atoms with Crippen LogP contribution in [0.5, 0.6) is 0 Å². The van der Waals surface area contributed by atoms with Gasteiger partial charge in [-0.3, -0.25) is 4.79 Å². The van der Waals surface area contributed by atoms with Gasteiger partial charge in [0.05, 0.1) is 0 Å². The Bertz CT molecular complexity index is 298. The predicted octanol–water partition coefficient (Wildman–Crippen LogP) is 1.45. The standard InChI is InChI=1S/C12H19N3O/c1-2-7-14-9-10(8-13)12(16)15-11-5-3-4-6-11/h9,11,14H,2-7H2,1H3,(H,15,16)/b10-9-. The zero-order valence-corrected chi connectivity index (χ0v) is 9.75. The first-order chi connectivity index (χ1) is 7.77. The van der Waals surface area contributed by atoms with E-state index in [4.69, 9.17) is 5.26 Å². The van der Waals surface area contributed by atoms with Gasteiger partial charge in [0, 0.05) is 18.8 Å². The molecule has 1 saturated carbocycles. The average molecular weight is 221 g/mol. The first-order valence-electron chi connectivity index (χ1n) is 5.92. The van der Waals surface area contributed by atoms with Crippen LogP contribution in [0.4, 0.5) is 0 Å². The molecule has 0 unspecified atom stereocenters. The molecular formula is C12H19N3O. The van der Waals surface area contributed by atoms with Gasteiger partial charge in [0.25, 0.3) is 5.91 Å². The minimum Gasteiger partial charge on any atom is -0.390 e. The van der Waals surface area contributed by atoms with Crippen LogP contribution in [0.3, 0.4) is 0 Å². The Morgan fingerprint density at radius 2 is 2.19 bits per heavy atom. The molecule has 0 saturated heterocycles. The number of nitrogens with one attached hydrogen (secondary N) is 2. The Morgan fingerprint density at radius 3 is 2.75 bits per heavy atom. The van der Waals surface area contributed by atoms with E-state index in [0.29, 0.717) is 0 Å². The molecule has 0 aromatic carbocycles. The van der Waals surface area contributed by atoms with Crippen molar-refractivity contribution in [2.75, 3.05) is 6.54 Å². The lowest BCUT2D eigenvalue weighted by atomic mass is 10.2. The van der Waals surface area contributed by atoms with Crippen LogP contribution in [0.15, 0.2) is 11.8 Å². The summed E-state index contributed by atoms with van der Waals surface area (Å²) < 4.78 is 0. The van der Waals surface area contributed by atoms with E-state index in [9.17, 15) is 4.79 Å². The molecular weight excluding hydrogens is 202 g/mol. The van der Waals surface area contributed by atoms with Gasteiger partial charge in [-0.15, -0.1) is 0 Å². The smallest absolute Gasteiger partial charge is 0.263 e. The first kappa shape index (κ1) is 12.6. The molecule has 88 valence electrons. The van der Waals surface area contributed by atoms with Crippen molar-refractivity contribution in [2.24, 2.45) is 0 Å². The number of amides is 1. The Morgan fingerprint density at radius 1 is 1.50 bits per heavy atom. The van der Waals surface area contributed by atoms with E-state index >= 15 is 0 Å². The van der Waals surface area contributed by atoms with Gasteiger partial charge in [0.15, 0.2) is 0 Å². The topological polar surface area (TPSA) is 64.9 Å². The van der Waals surface area contributed by atoms with E-state index in [2.05, 4.69) is 10.6 Å². The van der Waals surface area contributed by atoms with Crippen LogP contribution in [0, 0.1) is 11.3 Å². The summed E-state index contributed by atoms with van der Waals surface area (Å²) in [5, 5.41) is 14.7. The number of carbonyl (C=O) groups is 1. The molecule has 1 fully saturated rings. The van der Waals surface area contributed by atoms with E-state index in [1.807, 2.05) is 13.0 Å². The van der Waals surface area contributed by atoms with Crippen LogP contribution in [-0.4, -0.2) is 18.5 Å². The quantitative estimate of drug-likeness (QED) is 0.419. The van der Waals surface area contributed by atoms with Gasteiger partial charge in [-0.05, 0) is 19.3 Å². The zero-order chi connectivity index (χ0) is 11.8. The Labute approximate surface area is 96.7 Å². The highest BCUT2D eigenvalue weighted by Gasteiger charge is 2.18. The van der Waals surface area contributed by atoms with E-state index in [1.54, 1.807) is 0 Å². The third-order valence-corrected chi connectivity index (χ3v) is 2.70. The van der Waals surface area contributed by atoms with Crippen molar-refractivity contribution in [2.45, 2.75) is 45.1 Å². The van der Waals surface area contributed by atoms with Gasteiger partial charge in [0.1, 0.15) is 11.6 Å². The van der Waals surface area contributed by atoms with Crippen LogP contribution in [0.25, 0.3) is 0 Å². The fraction of sp³-hybridized carbons (Fsp3) is 0.667. The second-order valence-corrected chi connectivity index (χ2v) is 4.08. The second kappa shape index (κ2) is 6.89. The summed E-state index contributed by atoms with van der Waals surface area (Å²) in [5.41, 5.74) is 0.167. The molecule has 0 aromatic heterocycles. The largest absolute Gasteiger partial charge is 0.390 e. The van der Waals surface area contributed by atoms with Crippen LogP contribution >= 0.6 is 0 Å². The zero-order valence-electron chi connectivity index (χ0n) is 9.75. The SMILES string of the molecule is CCCN/C=C(/C#N)C(=O)NC1CCCC1. The second-order valence-electron chi connectivity index (χ2n) is 4.08. The summed E-state index contributed by atoms with van der Waals surface area (Å²) in [4.78, 5) is 11.7. The Hall–Kier alpha value is -1.50. The molecule has 0 aromatic rings. The Kier molecular flexibility index (Phi) is 5.41. The maximum Gasteiger partial charge on any atom is 0.263 e. The summed E-state index contributed by atoms with van der Waals surface area (Å²) >= 11 is 0. The van der Waals surface area contributed by atoms with Crippen LogP contribution < -0.4 is 10.6 Å². The summed E-state index contributed by atoms with van der Waals surface area (Å²) in [6, 6.07) is 2.18. The van der Waals surface area contributed by atoms with Crippen molar-refractivity contribution in [3.8, 4) is 6.07 Å². The highest BCUT2D eigenvalue weighted by molar-refractivity contribution is 5.97. The van der Waals surface area contributed by atoms with Crippen LogP contribution in [0.1, 0.15) is 39.0 Å². The molecule has 16 heavy (non-hydrogen) atoms. The fourth-order valence-corrected chi connectivity index (χ4v) is 1.80. The minimum atomic E-state index is -0.252. The highest BCUT2D eigenvalue weighted by atomic mass is 16.1. The van der Waals surface area contributed by atoms with E-state index in [1.165, 1.54) is 19.0 Å². The van der Waals surface area contributed by atoms with Gasteiger partial charge in [-0.1, -0.05) is 19.8 Å². The molecule has 0 radical (unpaired) electrons. The summed E-state index contributed by atoms with van der Waals surface area (Å²) in [6.45, 7) is 2.81. The van der Waals surface area contributed by atoms with Crippen molar-refractivity contribution in [1.82, 2.24) is 10.6 Å². The Balaban J connectivity index is 2.42. The van der Waals surface area contributed by atoms with Crippen molar-refractivity contribution >= 4 is 5.91 Å². The third kappa shape index (κ3) is 3.93. The van der Waals surface area contributed by atoms with Crippen LogP contribution in [-0.2, 0) is 4.79 Å². The average Bonchev–Trinajstić information content (AvgIpc) is 2.77. The number of carbonyl (C=O) groups excluding carboxylic acids is 1. The lowest BCUT2D eigenvalue weighted by Gasteiger charge is -2.10. The number of hydrogen-bond acceptors (Lipinski definition) is 3. The van der Waals surface area contributed by atoms with Gasteiger partial charge in [-0.25, -0.2) is 0 Å². The molecule has 2 N–H and O–H groups in total. The summed E-state index contributed by atoms with van der Waals surface area (Å²) in [5.74, 6) is -0.252. The van der Waals surface area contributed by atoms with Crippen molar-refractivity contribution in [3.05, 3.63) is 11.8 Å². The minimum absolute atomic E-state index is 0.167. The number of hydrogen-bond donors (Lipinski definition) is 2. The van der Waals surface area contributed by atoms with Crippen LogP contribution in [0.2, 0.25) is 0 Å². The fourth-order valence-electron chi connectivity index (χ4n) is 1.80. The van der Waals surface area contributed by atoms with Crippen molar-refractivity contribution in [3.63, 3.8) is 0 Å². The summed E-state index contributed by atoms with van der Waals surface area (Å²) in [7, 11) is 0. The molecule has 0 aliphatic heterocycles. The van der Waals surface area contributed by atoms with E-state index in [0.717, 1.165) is 25.8 Å². The summed E-state index contributed by atoms with van der Waals surface area (Å²) in [6.07, 6.45) is 6.89. The molecule has 0 bridgehead atoms. The van der Waals surface area contributed by atoms with Crippen molar-refractivity contribution < 1.29 is 4.79 Å². The molecule has 1 amide bonds. The normalized spacial score (nSPS) is 16.9. The molecule has 4 nitrogen and oxygen atoms in total. The lowest BCUT2D eigenvalue weighted by Crippen LogP contribution is -2.33. The third-order valence-electron chi connectivity index (χ3n) is 2.70. The molecule has 0 heterocycles. The van der Waals surface area contributed by atoms with Gasteiger partial charge in [-0.2, -0.15) is 5.26 Å². The number of nitriles is 1. The highest BCUT2D eigenvalue weighted by Crippen LogP contribution is 2.17. The predicted molar refractivity (Wildman–Crippen MR) is 62.4 cm³/mol. The molecule has 0 spiro atoms. The van der Waals surface area contributed by atoms with E-state index in [-0.39, 0.29) is 17.5 Å². The molecule has 4 heteroatoms. The number of rotatable bonds is 5.